The van der Waals surface area contributed by atoms with Gasteiger partial charge in [0.1, 0.15) is 17.6 Å². The van der Waals surface area contributed by atoms with Crippen LogP contribution in [0, 0.1) is 5.41 Å². The highest BCUT2D eigenvalue weighted by Crippen LogP contribution is 2.42. The van der Waals surface area contributed by atoms with Crippen molar-refractivity contribution in [1.82, 2.24) is 15.3 Å². The van der Waals surface area contributed by atoms with Crippen molar-refractivity contribution in [3.63, 3.8) is 0 Å². The lowest BCUT2D eigenvalue weighted by Crippen LogP contribution is -2.41. The Kier molecular flexibility index (Phi) is 8.27. The van der Waals surface area contributed by atoms with Crippen LogP contribution in [0.3, 0.4) is 0 Å². The third kappa shape index (κ3) is 6.77. The Morgan fingerprint density at radius 3 is 2.30 bits per heavy atom. The number of halogens is 6. The van der Waals surface area contributed by atoms with Crippen molar-refractivity contribution in [2.45, 2.75) is 43.8 Å². The number of carboxylic acid groups (broad SMARTS) is 1. The number of aliphatic carboxylic acids is 1. The van der Waals surface area contributed by atoms with E-state index in [0.717, 1.165) is 24.3 Å². The first-order valence-corrected chi connectivity index (χ1v) is 13.6. The van der Waals surface area contributed by atoms with E-state index in [9.17, 15) is 36.2 Å². The van der Waals surface area contributed by atoms with Crippen molar-refractivity contribution in [1.29, 1.82) is 0 Å². The van der Waals surface area contributed by atoms with Gasteiger partial charge in [0.05, 0.1) is 12.7 Å². The van der Waals surface area contributed by atoms with Crippen LogP contribution >= 0.6 is 0 Å². The number of nitrogens with two attached hydrogens (primary N) is 1. The number of benzene rings is 2. The molecule has 2 fully saturated rings. The normalized spacial score (nSPS) is 19.2. The van der Waals surface area contributed by atoms with Crippen LogP contribution in [0.4, 0.5) is 38.1 Å². The predicted octanol–water partition coefficient (Wildman–Crippen LogP) is 5.47. The average molecular weight is 626 g/mol. The molecule has 3 aromatic rings. The quantitative estimate of drug-likeness (QED) is 0.294. The third-order valence-electron chi connectivity index (χ3n) is 8.07. The number of carboxylic acids is 1. The Morgan fingerprint density at radius 1 is 1.05 bits per heavy atom. The van der Waals surface area contributed by atoms with Crippen molar-refractivity contribution in [2.75, 3.05) is 37.4 Å². The zero-order valence-corrected chi connectivity index (χ0v) is 23.4. The Labute approximate surface area is 248 Å². The van der Waals surface area contributed by atoms with Crippen LogP contribution in [0.15, 0.2) is 48.5 Å². The third-order valence-corrected chi connectivity index (χ3v) is 8.07. The molecule has 2 aliphatic heterocycles. The maximum Gasteiger partial charge on any atom is 0.429 e. The zero-order valence-electron chi connectivity index (χ0n) is 23.4. The van der Waals surface area contributed by atoms with E-state index in [1.54, 1.807) is 0 Å². The van der Waals surface area contributed by atoms with Gasteiger partial charge in [-0.2, -0.15) is 36.3 Å². The van der Waals surface area contributed by atoms with E-state index in [1.165, 1.54) is 31.4 Å². The second-order valence-corrected chi connectivity index (χ2v) is 11.0. The number of piperidine rings is 1. The van der Waals surface area contributed by atoms with Crippen LogP contribution in [0.25, 0.3) is 11.1 Å². The Bertz CT molecular complexity index is 1510. The molecule has 0 radical (unpaired) electrons. The number of methoxy groups -OCH3 is 1. The molecule has 0 amide bonds. The van der Waals surface area contributed by atoms with Crippen LogP contribution in [-0.2, 0) is 11.0 Å². The predicted molar refractivity (Wildman–Crippen MR) is 147 cm³/mol. The van der Waals surface area contributed by atoms with E-state index in [4.69, 9.17) is 15.2 Å². The van der Waals surface area contributed by atoms with Gasteiger partial charge in [-0.05, 0) is 54.0 Å². The highest BCUT2D eigenvalue weighted by Gasteiger charge is 2.45. The van der Waals surface area contributed by atoms with Crippen LogP contribution in [0.2, 0.25) is 0 Å². The molecule has 0 aliphatic carbocycles. The first-order chi connectivity index (χ1) is 20.7. The van der Waals surface area contributed by atoms with Gasteiger partial charge in [-0.3, -0.25) is 4.79 Å². The summed E-state index contributed by atoms with van der Waals surface area (Å²) in [6, 6.07) is 8.49. The summed E-state index contributed by atoms with van der Waals surface area (Å²) in [5, 5.41) is 12.3. The molecular weight excluding hydrogens is 596 g/mol. The van der Waals surface area contributed by atoms with Gasteiger partial charge >= 0.3 is 18.3 Å². The fourth-order valence-electron chi connectivity index (χ4n) is 5.68. The van der Waals surface area contributed by atoms with Crippen molar-refractivity contribution in [3.05, 3.63) is 59.7 Å². The monoisotopic (exact) mass is 625 g/mol. The highest BCUT2D eigenvalue weighted by molar-refractivity contribution is 5.74. The summed E-state index contributed by atoms with van der Waals surface area (Å²) in [6.07, 6.45) is -10.2. The Morgan fingerprint density at radius 2 is 1.73 bits per heavy atom. The molecule has 1 unspecified atom stereocenters. The summed E-state index contributed by atoms with van der Waals surface area (Å²) < 4.78 is 93.0. The maximum absolute atomic E-state index is 14.2. The first-order valence-electron chi connectivity index (χ1n) is 13.6. The van der Waals surface area contributed by atoms with E-state index in [0.29, 0.717) is 38.9 Å². The molecule has 0 saturated carbocycles. The fourth-order valence-corrected chi connectivity index (χ4v) is 5.68. The molecule has 2 saturated heterocycles. The number of anilines is 2. The molecule has 1 aromatic heterocycles. The summed E-state index contributed by atoms with van der Waals surface area (Å²) >= 11 is 0. The number of nitrogen functional groups attached to an aromatic ring is 1. The number of hydrogen-bond donors (Lipinski definition) is 3. The lowest BCUT2D eigenvalue weighted by molar-refractivity contribution is -0.198. The minimum Gasteiger partial charge on any atom is -0.497 e. The number of ether oxygens (including phenoxy) is 2. The van der Waals surface area contributed by atoms with E-state index in [1.807, 2.05) is 4.90 Å². The molecule has 2 atom stereocenters. The minimum absolute atomic E-state index is 0.0548. The molecular formula is C29H29F6N5O4. The van der Waals surface area contributed by atoms with Gasteiger partial charge in [0, 0.05) is 31.3 Å². The SMILES string of the molecule is COc1cc(-c2ccc(C(Oc3cc(N4CCC5(CC4)CN[C@H](C(=O)O)C5)nc(N)n3)C(F)(F)F)cc2)cc(C(F)(F)F)c1. The number of alkyl halides is 6. The largest absolute Gasteiger partial charge is 0.497 e. The molecule has 1 spiro atoms. The fraction of sp³-hybridized carbons (Fsp3) is 0.414. The Balaban J connectivity index is 1.35. The molecule has 236 valence electrons. The molecule has 9 nitrogen and oxygen atoms in total. The van der Waals surface area contributed by atoms with Gasteiger partial charge in [0.2, 0.25) is 17.9 Å². The summed E-state index contributed by atoms with van der Waals surface area (Å²) in [5.41, 5.74) is 4.72. The van der Waals surface area contributed by atoms with E-state index in [2.05, 4.69) is 15.3 Å². The van der Waals surface area contributed by atoms with Gasteiger partial charge in [0.15, 0.2) is 0 Å². The standard InChI is InChI=1S/C29H29F6N5O4/c1-43-20-11-18(10-19(12-20)28(30,31)32)16-2-4-17(5-3-16)24(29(33,34)35)44-23-13-22(38-26(36)39-23)40-8-6-27(7-9-40)14-21(25(41)42)37-15-27/h2-5,10-13,21,24,37H,6-9,14-15H2,1H3,(H,41,42)(H2,36,38,39)/t21-,24?/m0/s1. The van der Waals surface area contributed by atoms with Crippen molar-refractivity contribution in [2.24, 2.45) is 5.41 Å². The van der Waals surface area contributed by atoms with Crippen molar-refractivity contribution >= 4 is 17.7 Å². The van der Waals surface area contributed by atoms with Gasteiger partial charge in [-0.15, -0.1) is 0 Å². The summed E-state index contributed by atoms with van der Waals surface area (Å²) in [6.45, 7) is 1.52. The Hall–Kier alpha value is -4.27. The van der Waals surface area contributed by atoms with Crippen LogP contribution < -0.4 is 25.4 Å². The number of nitrogens with one attached hydrogen (secondary N) is 1. The highest BCUT2D eigenvalue weighted by atomic mass is 19.4. The lowest BCUT2D eigenvalue weighted by atomic mass is 9.76. The van der Waals surface area contributed by atoms with Crippen LogP contribution in [0.1, 0.15) is 36.5 Å². The van der Waals surface area contributed by atoms with Crippen LogP contribution in [-0.4, -0.2) is 60.0 Å². The molecule has 15 heteroatoms. The minimum atomic E-state index is -4.88. The number of hydrogen-bond acceptors (Lipinski definition) is 8. The van der Waals surface area contributed by atoms with Gasteiger partial charge < -0.3 is 30.5 Å². The van der Waals surface area contributed by atoms with E-state index >= 15 is 0 Å². The second kappa shape index (κ2) is 11.7. The average Bonchev–Trinajstić information content (AvgIpc) is 3.38. The lowest BCUT2D eigenvalue weighted by Gasteiger charge is -2.39. The molecule has 44 heavy (non-hydrogen) atoms. The van der Waals surface area contributed by atoms with Gasteiger partial charge in [-0.25, -0.2) is 0 Å². The summed E-state index contributed by atoms with van der Waals surface area (Å²) in [4.78, 5) is 21.2. The topological polar surface area (TPSA) is 123 Å². The summed E-state index contributed by atoms with van der Waals surface area (Å²) in [7, 11) is 1.21. The molecule has 0 bridgehead atoms. The van der Waals surface area contributed by atoms with E-state index < -0.39 is 41.9 Å². The van der Waals surface area contributed by atoms with Crippen molar-refractivity contribution < 1.29 is 45.7 Å². The van der Waals surface area contributed by atoms with E-state index in [-0.39, 0.29) is 39.6 Å². The van der Waals surface area contributed by atoms with Crippen molar-refractivity contribution in [3.8, 4) is 22.8 Å². The molecule has 2 aromatic carbocycles. The van der Waals surface area contributed by atoms with Crippen LogP contribution in [0.5, 0.6) is 11.6 Å². The number of nitrogens with zero attached hydrogens (tertiary/aromatic N) is 3. The van der Waals surface area contributed by atoms with Gasteiger partial charge in [-0.1, -0.05) is 24.3 Å². The van der Waals surface area contributed by atoms with Gasteiger partial charge in [0.25, 0.3) is 0 Å². The molecule has 5 rings (SSSR count). The number of rotatable bonds is 7. The first kappa shape index (κ1) is 31.2. The molecule has 3 heterocycles. The smallest absolute Gasteiger partial charge is 0.429 e. The molecule has 2 aliphatic rings. The summed E-state index contributed by atoms with van der Waals surface area (Å²) in [5.74, 6) is -1.38. The zero-order chi connectivity index (χ0) is 31.9. The number of carbonyl (C=O) groups is 1. The number of aromatic nitrogens is 2. The molecule has 4 N–H and O–H groups in total. The maximum atomic E-state index is 14.2. The second-order valence-electron chi connectivity index (χ2n) is 11.0.